The first-order valence-corrected chi connectivity index (χ1v) is 8.89. The molecule has 8 heteroatoms. The minimum atomic E-state index is -4.48. The Morgan fingerprint density at radius 1 is 1.38 bits per heavy atom. The van der Waals surface area contributed by atoms with E-state index in [9.17, 15) is 22.2 Å². The van der Waals surface area contributed by atoms with E-state index in [0.717, 1.165) is 25.0 Å². The molecule has 1 aliphatic carbocycles. The number of benzene rings is 1. The molecule has 1 saturated carbocycles. The number of halogens is 1. The lowest BCUT2D eigenvalue weighted by Crippen LogP contribution is -2.30. The van der Waals surface area contributed by atoms with Gasteiger partial charge in [-0.1, -0.05) is 5.92 Å². The monoisotopic (exact) mass is 355 g/mol. The number of rotatable bonds is 6. The van der Waals surface area contributed by atoms with Gasteiger partial charge in [-0.25, -0.2) is 17.6 Å². The first kappa shape index (κ1) is 18.2. The smallest absolute Gasteiger partial charge is 0.338 e. The van der Waals surface area contributed by atoms with Crippen molar-refractivity contribution in [2.45, 2.75) is 31.3 Å². The summed E-state index contributed by atoms with van der Waals surface area (Å²) in [6.07, 6.45) is 8.43. The summed E-state index contributed by atoms with van der Waals surface area (Å²) in [6.45, 7) is -0.577. The van der Waals surface area contributed by atoms with Gasteiger partial charge in [0.2, 0.25) is 0 Å². The zero-order chi connectivity index (χ0) is 17.8. The Labute approximate surface area is 139 Å². The highest BCUT2D eigenvalue weighted by molar-refractivity contribution is 7.85. The molecule has 0 saturated heterocycles. The van der Waals surface area contributed by atoms with Crippen molar-refractivity contribution in [3.05, 3.63) is 29.6 Å². The minimum Gasteiger partial charge on any atom is -0.748 e. The van der Waals surface area contributed by atoms with Gasteiger partial charge >= 0.3 is 5.97 Å². The Kier molecular flexibility index (Phi) is 5.47. The third-order valence-corrected chi connectivity index (χ3v) is 4.38. The lowest BCUT2D eigenvalue weighted by molar-refractivity contribution is 0.0526. The van der Waals surface area contributed by atoms with E-state index in [4.69, 9.17) is 11.2 Å². The Balaban J connectivity index is 2.10. The molecule has 1 aromatic carbocycles. The van der Waals surface area contributed by atoms with Gasteiger partial charge < -0.3 is 14.0 Å². The van der Waals surface area contributed by atoms with Crippen molar-refractivity contribution >= 4 is 16.1 Å². The van der Waals surface area contributed by atoms with Gasteiger partial charge in [0.05, 0.1) is 21.4 Å². The van der Waals surface area contributed by atoms with Crippen molar-refractivity contribution in [3.63, 3.8) is 0 Å². The van der Waals surface area contributed by atoms with E-state index in [1.807, 2.05) is 0 Å². The van der Waals surface area contributed by atoms with Crippen LogP contribution in [0, 0.1) is 18.2 Å². The van der Waals surface area contributed by atoms with Crippen molar-refractivity contribution in [1.82, 2.24) is 0 Å². The van der Waals surface area contributed by atoms with Gasteiger partial charge in [0.25, 0.3) is 0 Å². The van der Waals surface area contributed by atoms with Crippen LogP contribution in [0.15, 0.2) is 18.2 Å². The molecule has 24 heavy (non-hydrogen) atoms. The average Bonchev–Trinajstić information content (AvgIpc) is 2.97. The van der Waals surface area contributed by atoms with Crippen molar-refractivity contribution in [1.29, 1.82) is 0 Å². The number of carbonyl (C=O) groups is 1. The predicted molar refractivity (Wildman–Crippen MR) is 81.9 cm³/mol. The van der Waals surface area contributed by atoms with Crippen LogP contribution >= 0.6 is 0 Å². The molecule has 0 amide bonds. The van der Waals surface area contributed by atoms with Crippen molar-refractivity contribution in [2.75, 3.05) is 12.4 Å². The van der Waals surface area contributed by atoms with Crippen LogP contribution in [0.1, 0.15) is 36.0 Å². The third-order valence-electron chi connectivity index (χ3n) is 3.71. The second-order valence-electron chi connectivity index (χ2n) is 5.49. The molecular formula is C16H16FO6S-. The highest BCUT2D eigenvalue weighted by atomic mass is 32.2. The largest absolute Gasteiger partial charge is 0.748 e. The standard InChI is InChI=1S/C16H17FO6S/c1-2-16(7-3-4-8-16)23-14-11-12(5-6-13(14)17)15(18)22-9-10-24(19,20)21/h1,5-6,11H,3-4,7-10H2,(H,19,20,21)/p-1. The number of hydrogen-bond donors (Lipinski definition) is 0. The molecule has 0 radical (unpaired) electrons. The summed E-state index contributed by atoms with van der Waals surface area (Å²) < 4.78 is 55.7. The quantitative estimate of drug-likeness (QED) is 0.439. The molecule has 0 unspecified atom stereocenters. The summed E-state index contributed by atoms with van der Waals surface area (Å²) in [5.74, 6) is -0.00526. The Bertz CT molecular complexity index is 759. The highest BCUT2D eigenvalue weighted by Gasteiger charge is 2.35. The van der Waals surface area contributed by atoms with Crippen molar-refractivity contribution < 1.29 is 31.6 Å². The maximum atomic E-state index is 13.9. The summed E-state index contributed by atoms with van der Waals surface area (Å²) in [4.78, 5) is 11.8. The molecule has 1 aromatic rings. The summed E-state index contributed by atoms with van der Waals surface area (Å²) in [7, 11) is -4.48. The number of terminal acetylenes is 1. The molecule has 6 nitrogen and oxygen atoms in total. The fourth-order valence-corrected chi connectivity index (χ4v) is 2.75. The van der Waals surface area contributed by atoms with Crippen LogP contribution in [0.25, 0.3) is 0 Å². The first-order chi connectivity index (χ1) is 11.2. The maximum Gasteiger partial charge on any atom is 0.338 e. The molecule has 0 aromatic heterocycles. The van der Waals surface area contributed by atoms with E-state index >= 15 is 0 Å². The Morgan fingerprint density at radius 2 is 2.04 bits per heavy atom. The molecule has 0 N–H and O–H groups in total. The maximum absolute atomic E-state index is 13.9. The zero-order valence-electron chi connectivity index (χ0n) is 12.8. The van der Waals surface area contributed by atoms with Crippen LogP contribution in [0.3, 0.4) is 0 Å². The average molecular weight is 355 g/mol. The van der Waals surface area contributed by atoms with Crippen LogP contribution in [-0.4, -0.2) is 36.9 Å². The predicted octanol–water partition coefficient (Wildman–Crippen LogP) is 1.85. The molecule has 1 fully saturated rings. The van der Waals surface area contributed by atoms with Crippen LogP contribution in [0.5, 0.6) is 5.75 Å². The van der Waals surface area contributed by atoms with Crippen LogP contribution in [0.4, 0.5) is 4.39 Å². The van der Waals surface area contributed by atoms with Crippen LogP contribution in [-0.2, 0) is 14.9 Å². The van der Waals surface area contributed by atoms with Gasteiger partial charge in [-0.05, 0) is 43.9 Å². The first-order valence-electron chi connectivity index (χ1n) is 7.32. The van der Waals surface area contributed by atoms with E-state index in [-0.39, 0.29) is 11.3 Å². The summed E-state index contributed by atoms with van der Waals surface area (Å²) in [5.41, 5.74) is -0.917. The number of esters is 1. The molecule has 0 bridgehead atoms. The van der Waals surface area contributed by atoms with Gasteiger partial charge in [-0.15, -0.1) is 6.42 Å². The second kappa shape index (κ2) is 7.20. The highest BCUT2D eigenvalue weighted by Crippen LogP contribution is 2.35. The topological polar surface area (TPSA) is 92.7 Å². The molecule has 0 spiro atoms. The van der Waals surface area contributed by atoms with Crippen molar-refractivity contribution in [3.8, 4) is 18.1 Å². The van der Waals surface area contributed by atoms with Gasteiger partial charge in [-0.2, -0.15) is 0 Å². The number of carbonyl (C=O) groups excluding carboxylic acids is 1. The van der Waals surface area contributed by atoms with Crippen LogP contribution < -0.4 is 4.74 Å². The molecule has 2 rings (SSSR count). The summed E-state index contributed by atoms with van der Waals surface area (Å²) in [6, 6.07) is 3.36. The SMILES string of the molecule is C#CC1(Oc2cc(C(=O)OCCS(=O)(=O)[O-])ccc2F)CCCC1. The fraction of sp³-hybridized carbons (Fsp3) is 0.438. The van der Waals surface area contributed by atoms with E-state index in [1.54, 1.807) is 0 Å². The van der Waals surface area contributed by atoms with E-state index in [0.29, 0.717) is 12.8 Å². The number of hydrogen-bond acceptors (Lipinski definition) is 6. The fourth-order valence-electron chi connectivity index (χ4n) is 2.46. The van der Waals surface area contributed by atoms with Crippen molar-refractivity contribution in [2.24, 2.45) is 0 Å². The molecule has 0 heterocycles. The second-order valence-corrected chi connectivity index (χ2v) is 7.01. The lowest BCUT2D eigenvalue weighted by atomic mass is 10.0. The van der Waals surface area contributed by atoms with E-state index < -0.39 is 39.9 Å². The van der Waals surface area contributed by atoms with Gasteiger partial charge in [-0.3, -0.25) is 0 Å². The molecule has 0 atom stereocenters. The summed E-state index contributed by atoms with van der Waals surface area (Å²) >= 11 is 0. The molecular weight excluding hydrogens is 339 g/mol. The zero-order valence-corrected chi connectivity index (χ0v) is 13.6. The normalized spacial score (nSPS) is 16.4. The lowest BCUT2D eigenvalue weighted by Gasteiger charge is -2.24. The minimum absolute atomic E-state index is 0.0279. The van der Waals surface area contributed by atoms with Gasteiger partial charge in [0.15, 0.2) is 17.2 Å². The molecule has 130 valence electrons. The Morgan fingerprint density at radius 3 is 2.62 bits per heavy atom. The molecule has 0 aliphatic heterocycles. The number of ether oxygens (including phenoxy) is 2. The van der Waals surface area contributed by atoms with E-state index in [2.05, 4.69) is 10.7 Å². The van der Waals surface area contributed by atoms with Gasteiger partial charge in [0, 0.05) is 0 Å². The Hall–Kier alpha value is -2.11. The summed E-state index contributed by atoms with van der Waals surface area (Å²) in [5, 5.41) is 0. The molecule has 1 aliphatic rings. The van der Waals surface area contributed by atoms with E-state index in [1.165, 1.54) is 6.07 Å². The third kappa shape index (κ3) is 4.69. The van der Waals surface area contributed by atoms with Crippen LogP contribution in [0.2, 0.25) is 0 Å². The van der Waals surface area contributed by atoms with Gasteiger partial charge in [0.1, 0.15) is 6.61 Å².